The Balaban J connectivity index is 1.06. The second kappa shape index (κ2) is 10.2. The Morgan fingerprint density at radius 3 is 2.62 bits per heavy atom. The molecule has 37 heavy (non-hydrogen) atoms. The number of amides is 1. The minimum atomic E-state index is 0.180. The van der Waals surface area contributed by atoms with Crippen LogP contribution in [0.25, 0.3) is 33.7 Å². The molecule has 1 aliphatic heterocycles. The van der Waals surface area contributed by atoms with Gasteiger partial charge in [0.05, 0.1) is 6.42 Å². The maximum Gasteiger partial charge on any atom is 0.258 e. The summed E-state index contributed by atoms with van der Waals surface area (Å²) in [5.41, 5.74) is 4.99. The molecule has 2 aromatic heterocycles. The lowest BCUT2D eigenvalue weighted by atomic mass is 10.1. The van der Waals surface area contributed by atoms with Gasteiger partial charge in [-0.1, -0.05) is 59.2 Å². The third kappa shape index (κ3) is 5.14. The molecular formula is C29H26ClN5O2. The fourth-order valence-electron chi connectivity index (χ4n) is 4.85. The molecule has 3 aromatic carbocycles. The second-order valence-corrected chi connectivity index (χ2v) is 9.76. The number of nitrogens with one attached hydrogen (secondary N) is 1. The summed E-state index contributed by atoms with van der Waals surface area (Å²) >= 11 is 6.09. The fraction of sp³-hybridized carbons (Fsp3) is 0.207. The molecular weight excluding hydrogens is 486 g/mol. The number of piperazine rings is 1. The Morgan fingerprint density at radius 1 is 0.946 bits per heavy atom. The molecule has 1 N–H and O–H groups in total. The second-order valence-electron chi connectivity index (χ2n) is 9.33. The number of para-hydroxylation sites is 1. The van der Waals surface area contributed by atoms with E-state index in [9.17, 15) is 4.79 Å². The van der Waals surface area contributed by atoms with Crippen LogP contribution in [0.15, 0.2) is 83.5 Å². The van der Waals surface area contributed by atoms with Crippen LogP contribution in [-0.2, 0) is 17.8 Å². The highest BCUT2D eigenvalue weighted by Gasteiger charge is 2.22. The van der Waals surface area contributed by atoms with Gasteiger partial charge in [0, 0.05) is 66.0 Å². The smallest absolute Gasteiger partial charge is 0.258 e. The molecule has 5 aromatic rings. The van der Waals surface area contributed by atoms with E-state index in [-0.39, 0.29) is 5.91 Å². The van der Waals surface area contributed by atoms with Crippen LogP contribution in [0.2, 0.25) is 5.02 Å². The maximum atomic E-state index is 13.0. The number of carbonyl (C=O) groups is 1. The number of fused-ring (bicyclic) bond motifs is 1. The third-order valence-electron chi connectivity index (χ3n) is 6.83. The van der Waals surface area contributed by atoms with Gasteiger partial charge in [-0.05, 0) is 41.5 Å². The SMILES string of the molecule is O=C(Cc1c[nH]c2ccccc12)N1CCN(Cc2cccc(-c3noc(-c4cccc(Cl)c4)n3)c2)CC1. The van der Waals surface area contributed by atoms with Crippen molar-refractivity contribution in [2.75, 3.05) is 26.2 Å². The normalized spacial score (nSPS) is 14.4. The lowest BCUT2D eigenvalue weighted by Crippen LogP contribution is -2.48. The molecule has 3 heterocycles. The molecule has 0 radical (unpaired) electrons. The van der Waals surface area contributed by atoms with E-state index in [1.807, 2.05) is 59.6 Å². The summed E-state index contributed by atoms with van der Waals surface area (Å²) in [5, 5.41) is 5.91. The van der Waals surface area contributed by atoms with Crippen LogP contribution in [0.5, 0.6) is 0 Å². The first kappa shape index (κ1) is 23.5. The summed E-state index contributed by atoms with van der Waals surface area (Å²) in [6.07, 6.45) is 2.38. The number of hydrogen-bond acceptors (Lipinski definition) is 5. The Hall–Kier alpha value is -3.94. The first-order valence-corrected chi connectivity index (χ1v) is 12.7. The number of hydrogen-bond donors (Lipinski definition) is 1. The van der Waals surface area contributed by atoms with E-state index >= 15 is 0 Å². The molecule has 186 valence electrons. The Labute approximate surface area is 219 Å². The Bertz CT molecular complexity index is 1550. The van der Waals surface area contributed by atoms with Gasteiger partial charge in [-0.2, -0.15) is 4.98 Å². The van der Waals surface area contributed by atoms with E-state index in [2.05, 4.69) is 38.2 Å². The number of aromatic amines is 1. The van der Waals surface area contributed by atoms with Crippen LogP contribution in [0, 0.1) is 0 Å². The zero-order valence-corrected chi connectivity index (χ0v) is 21.0. The van der Waals surface area contributed by atoms with Crippen molar-refractivity contribution in [3.63, 3.8) is 0 Å². The van der Waals surface area contributed by atoms with Gasteiger partial charge in [0.2, 0.25) is 11.7 Å². The van der Waals surface area contributed by atoms with Crippen LogP contribution in [0.3, 0.4) is 0 Å². The molecule has 7 nitrogen and oxygen atoms in total. The molecule has 1 fully saturated rings. The highest BCUT2D eigenvalue weighted by atomic mass is 35.5. The largest absolute Gasteiger partial charge is 0.361 e. The molecule has 1 aliphatic rings. The molecule has 0 atom stereocenters. The van der Waals surface area contributed by atoms with Gasteiger partial charge in [0.15, 0.2) is 0 Å². The van der Waals surface area contributed by atoms with Crippen molar-refractivity contribution in [1.29, 1.82) is 0 Å². The van der Waals surface area contributed by atoms with Crippen LogP contribution in [0.4, 0.5) is 0 Å². The van der Waals surface area contributed by atoms with Crippen molar-refractivity contribution < 1.29 is 9.32 Å². The lowest BCUT2D eigenvalue weighted by Gasteiger charge is -2.34. The summed E-state index contributed by atoms with van der Waals surface area (Å²) in [4.78, 5) is 25.1. The summed E-state index contributed by atoms with van der Waals surface area (Å²) in [6.45, 7) is 3.94. The minimum absolute atomic E-state index is 0.180. The third-order valence-corrected chi connectivity index (χ3v) is 7.07. The van der Waals surface area contributed by atoms with E-state index in [0.29, 0.717) is 23.2 Å². The number of aromatic nitrogens is 3. The van der Waals surface area contributed by atoms with Gasteiger partial charge in [0.25, 0.3) is 5.89 Å². The van der Waals surface area contributed by atoms with Crippen molar-refractivity contribution in [2.24, 2.45) is 0 Å². The van der Waals surface area contributed by atoms with Crippen molar-refractivity contribution in [2.45, 2.75) is 13.0 Å². The number of H-pyrrole nitrogens is 1. The van der Waals surface area contributed by atoms with Crippen LogP contribution in [0.1, 0.15) is 11.1 Å². The predicted molar refractivity (Wildman–Crippen MR) is 144 cm³/mol. The van der Waals surface area contributed by atoms with E-state index in [0.717, 1.165) is 60.3 Å². The zero-order chi connectivity index (χ0) is 25.2. The first-order valence-electron chi connectivity index (χ1n) is 12.4. The van der Waals surface area contributed by atoms with E-state index < -0.39 is 0 Å². The molecule has 0 saturated carbocycles. The van der Waals surface area contributed by atoms with E-state index in [1.54, 1.807) is 6.07 Å². The highest BCUT2D eigenvalue weighted by molar-refractivity contribution is 6.30. The minimum Gasteiger partial charge on any atom is -0.361 e. The van der Waals surface area contributed by atoms with Gasteiger partial charge in [0.1, 0.15) is 0 Å². The molecule has 1 saturated heterocycles. The van der Waals surface area contributed by atoms with Crippen LogP contribution in [-0.4, -0.2) is 57.0 Å². The van der Waals surface area contributed by atoms with Crippen LogP contribution >= 0.6 is 11.6 Å². The van der Waals surface area contributed by atoms with E-state index in [4.69, 9.17) is 16.1 Å². The number of rotatable bonds is 6. The topological polar surface area (TPSA) is 78.3 Å². The molecule has 8 heteroatoms. The summed E-state index contributed by atoms with van der Waals surface area (Å²) < 4.78 is 5.48. The summed E-state index contributed by atoms with van der Waals surface area (Å²) in [7, 11) is 0. The Kier molecular flexibility index (Phi) is 6.47. The Morgan fingerprint density at radius 2 is 1.76 bits per heavy atom. The van der Waals surface area contributed by atoms with Crippen molar-refractivity contribution in [3.8, 4) is 22.8 Å². The van der Waals surface area contributed by atoms with Gasteiger partial charge in [-0.3, -0.25) is 9.69 Å². The fourth-order valence-corrected chi connectivity index (χ4v) is 5.04. The molecule has 0 aliphatic carbocycles. The molecule has 0 unspecified atom stereocenters. The lowest BCUT2D eigenvalue weighted by molar-refractivity contribution is -0.132. The molecule has 6 rings (SSSR count). The quantitative estimate of drug-likeness (QED) is 0.329. The predicted octanol–water partition coefficient (Wildman–Crippen LogP) is 5.43. The van der Waals surface area contributed by atoms with Crippen LogP contribution < -0.4 is 0 Å². The standard InChI is InChI=1S/C29H26ClN5O2/c30-24-8-4-7-22(16-24)29-32-28(33-37-29)21-6-3-5-20(15-21)19-34-11-13-35(14-12-34)27(36)17-23-18-31-26-10-2-1-9-25(23)26/h1-10,15-16,18,31H,11-14,17,19H2. The number of carbonyl (C=O) groups excluding carboxylic acids is 1. The average molecular weight is 512 g/mol. The maximum absolute atomic E-state index is 13.0. The van der Waals surface area contributed by atoms with E-state index in [1.165, 1.54) is 5.56 Å². The molecule has 0 spiro atoms. The number of nitrogens with zero attached hydrogens (tertiary/aromatic N) is 4. The number of benzene rings is 3. The summed E-state index contributed by atoms with van der Waals surface area (Å²) in [5.74, 6) is 1.17. The van der Waals surface area contributed by atoms with Gasteiger partial charge in [-0.15, -0.1) is 0 Å². The zero-order valence-electron chi connectivity index (χ0n) is 20.2. The van der Waals surface area contributed by atoms with Gasteiger partial charge in [-0.25, -0.2) is 0 Å². The van der Waals surface area contributed by atoms with Crippen molar-refractivity contribution in [3.05, 3.63) is 95.1 Å². The molecule has 1 amide bonds. The molecule has 0 bridgehead atoms. The van der Waals surface area contributed by atoms with Gasteiger partial charge < -0.3 is 14.4 Å². The average Bonchev–Trinajstić information content (AvgIpc) is 3.58. The van der Waals surface area contributed by atoms with Crippen molar-refractivity contribution in [1.82, 2.24) is 24.9 Å². The first-order chi connectivity index (χ1) is 18.1. The van der Waals surface area contributed by atoms with Crippen molar-refractivity contribution >= 4 is 28.4 Å². The number of halogens is 1. The highest BCUT2D eigenvalue weighted by Crippen LogP contribution is 2.25. The summed E-state index contributed by atoms with van der Waals surface area (Å²) in [6, 6.07) is 23.7. The monoisotopic (exact) mass is 511 g/mol. The van der Waals surface area contributed by atoms with Gasteiger partial charge >= 0.3 is 0 Å².